The van der Waals surface area contributed by atoms with Crippen molar-refractivity contribution in [3.05, 3.63) is 58.9 Å². The minimum atomic E-state index is -0.761. The smallest absolute Gasteiger partial charge is 0.320 e. The van der Waals surface area contributed by atoms with Gasteiger partial charge in [-0.05, 0) is 43.5 Å². The molecule has 2 unspecified atom stereocenters. The fraction of sp³-hybridized carbons (Fsp3) is 0.350. The molecule has 1 aliphatic rings. The fourth-order valence-corrected chi connectivity index (χ4v) is 4.72. The van der Waals surface area contributed by atoms with Crippen LogP contribution in [0.4, 0.5) is 0 Å². The van der Waals surface area contributed by atoms with Crippen molar-refractivity contribution in [1.82, 2.24) is 14.9 Å². The van der Waals surface area contributed by atoms with E-state index in [0.717, 1.165) is 45.9 Å². The highest BCUT2D eigenvalue weighted by molar-refractivity contribution is 7.18. The number of fused-ring (bicyclic) bond motifs is 1. The van der Waals surface area contributed by atoms with Gasteiger partial charge in [0.15, 0.2) is 0 Å². The van der Waals surface area contributed by atoms with Crippen LogP contribution >= 0.6 is 11.3 Å². The van der Waals surface area contributed by atoms with Crippen LogP contribution in [-0.2, 0) is 4.79 Å². The Bertz CT molecular complexity index is 889. The van der Waals surface area contributed by atoms with Crippen molar-refractivity contribution in [3.63, 3.8) is 0 Å². The number of aromatic nitrogens is 2. The van der Waals surface area contributed by atoms with E-state index in [9.17, 15) is 9.90 Å². The van der Waals surface area contributed by atoms with Gasteiger partial charge in [-0.3, -0.25) is 14.7 Å². The zero-order chi connectivity index (χ0) is 18.1. The summed E-state index contributed by atoms with van der Waals surface area (Å²) in [6, 6.07) is 11.3. The molecular formula is C20H21N3O2S. The number of carbonyl (C=O) groups is 1. The van der Waals surface area contributed by atoms with E-state index in [4.69, 9.17) is 4.98 Å². The maximum absolute atomic E-state index is 11.9. The van der Waals surface area contributed by atoms with Crippen LogP contribution in [0.5, 0.6) is 0 Å². The Kier molecular flexibility index (Phi) is 4.70. The molecule has 4 rings (SSSR count). The van der Waals surface area contributed by atoms with Crippen LogP contribution in [0.2, 0.25) is 0 Å². The van der Waals surface area contributed by atoms with E-state index in [2.05, 4.69) is 16.0 Å². The molecule has 6 heteroatoms. The van der Waals surface area contributed by atoms with Gasteiger partial charge in [0, 0.05) is 12.7 Å². The minimum Gasteiger partial charge on any atom is -0.480 e. The van der Waals surface area contributed by atoms with E-state index in [1.165, 1.54) is 0 Å². The molecule has 2 atom stereocenters. The lowest BCUT2D eigenvalue weighted by Crippen LogP contribution is -2.47. The first-order valence-electron chi connectivity index (χ1n) is 8.90. The topological polar surface area (TPSA) is 66.3 Å². The van der Waals surface area contributed by atoms with Crippen LogP contribution in [0.3, 0.4) is 0 Å². The van der Waals surface area contributed by atoms with E-state index in [0.29, 0.717) is 6.42 Å². The summed E-state index contributed by atoms with van der Waals surface area (Å²) < 4.78 is 1.11. The number of para-hydroxylation sites is 1. The number of carboxylic acid groups (broad SMARTS) is 1. The molecule has 2 aromatic heterocycles. The molecule has 3 heterocycles. The molecule has 1 fully saturated rings. The monoisotopic (exact) mass is 367 g/mol. The molecule has 1 aliphatic heterocycles. The lowest BCUT2D eigenvalue weighted by atomic mass is 9.98. The molecule has 0 spiro atoms. The third-order valence-electron chi connectivity index (χ3n) is 4.92. The van der Waals surface area contributed by atoms with Crippen LogP contribution < -0.4 is 0 Å². The number of aryl methyl sites for hydroxylation is 1. The molecule has 1 aromatic carbocycles. The average molecular weight is 367 g/mol. The lowest BCUT2D eigenvalue weighted by molar-refractivity contribution is -0.145. The molecule has 5 nitrogen and oxygen atoms in total. The molecule has 0 saturated carbocycles. The highest BCUT2D eigenvalue weighted by atomic mass is 32.1. The molecule has 1 N–H and O–H groups in total. The first kappa shape index (κ1) is 17.1. The first-order chi connectivity index (χ1) is 12.6. The molecule has 3 aromatic rings. The molecular weight excluding hydrogens is 346 g/mol. The number of carboxylic acids is 1. The van der Waals surface area contributed by atoms with Gasteiger partial charge in [0.05, 0.1) is 15.9 Å². The van der Waals surface area contributed by atoms with Gasteiger partial charge in [0.1, 0.15) is 17.1 Å². The zero-order valence-electron chi connectivity index (χ0n) is 14.6. The highest BCUT2D eigenvalue weighted by Crippen LogP contribution is 2.37. The largest absolute Gasteiger partial charge is 0.480 e. The van der Waals surface area contributed by atoms with Crippen molar-refractivity contribution in [2.45, 2.75) is 38.3 Å². The first-order valence-corrected chi connectivity index (χ1v) is 9.72. The van der Waals surface area contributed by atoms with E-state index >= 15 is 0 Å². The van der Waals surface area contributed by atoms with E-state index in [1.807, 2.05) is 43.5 Å². The number of thiazole rings is 1. The standard InChI is InChI=1S/C20H21N3O2S/c1-13-9-10-15(21-12-13)18(23-11-5-4-7-16(23)20(24)25)19-22-14-6-2-3-8-17(14)26-19/h2-3,6,8-10,12,16,18H,4-5,7,11H2,1H3,(H,24,25). The SMILES string of the molecule is Cc1ccc(C(c2nc3ccccc3s2)N2CCCCC2C(=O)O)nc1. The van der Waals surface area contributed by atoms with Gasteiger partial charge in [0.2, 0.25) is 0 Å². The zero-order valence-corrected chi connectivity index (χ0v) is 15.4. The Morgan fingerprint density at radius 3 is 2.85 bits per heavy atom. The van der Waals surface area contributed by atoms with Crippen molar-refractivity contribution in [1.29, 1.82) is 0 Å². The van der Waals surface area contributed by atoms with Crippen molar-refractivity contribution in [3.8, 4) is 0 Å². The third kappa shape index (κ3) is 3.22. The number of aliphatic carboxylic acids is 1. The second kappa shape index (κ2) is 7.13. The predicted octanol–water partition coefficient (Wildman–Crippen LogP) is 4.03. The van der Waals surface area contributed by atoms with Gasteiger partial charge in [-0.2, -0.15) is 0 Å². The quantitative estimate of drug-likeness (QED) is 0.754. The number of hydrogen-bond donors (Lipinski definition) is 1. The molecule has 0 bridgehead atoms. The summed E-state index contributed by atoms with van der Waals surface area (Å²) in [4.78, 5) is 23.4. The van der Waals surface area contributed by atoms with Crippen LogP contribution in [-0.4, -0.2) is 38.5 Å². The average Bonchev–Trinajstić information content (AvgIpc) is 3.07. The highest BCUT2D eigenvalue weighted by Gasteiger charge is 2.37. The Morgan fingerprint density at radius 2 is 2.12 bits per heavy atom. The molecule has 0 amide bonds. The minimum absolute atomic E-state index is 0.227. The van der Waals surface area contributed by atoms with Crippen molar-refractivity contribution in [2.75, 3.05) is 6.54 Å². The van der Waals surface area contributed by atoms with E-state index in [-0.39, 0.29) is 6.04 Å². The summed E-state index contributed by atoms with van der Waals surface area (Å²) in [5.41, 5.74) is 2.90. The number of nitrogens with zero attached hydrogens (tertiary/aromatic N) is 3. The molecule has 0 radical (unpaired) electrons. The van der Waals surface area contributed by atoms with E-state index in [1.54, 1.807) is 11.3 Å². The van der Waals surface area contributed by atoms with Crippen LogP contribution in [0.15, 0.2) is 42.6 Å². The Labute approximate surface area is 156 Å². The number of piperidine rings is 1. The van der Waals surface area contributed by atoms with Gasteiger partial charge in [-0.15, -0.1) is 11.3 Å². The third-order valence-corrected chi connectivity index (χ3v) is 6.01. The molecule has 1 saturated heterocycles. The van der Waals surface area contributed by atoms with Crippen LogP contribution in [0.1, 0.15) is 41.6 Å². The van der Waals surface area contributed by atoms with Gasteiger partial charge < -0.3 is 5.11 Å². The van der Waals surface area contributed by atoms with Crippen molar-refractivity contribution in [2.24, 2.45) is 0 Å². The summed E-state index contributed by atoms with van der Waals surface area (Å²) in [6.45, 7) is 2.75. The maximum atomic E-state index is 11.9. The van der Waals surface area contributed by atoms with Crippen molar-refractivity contribution >= 4 is 27.5 Å². The lowest BCUT2D eigenvalue weighted by Gasteiger charge is -2.37. The number of hydrogen-bond acceptors (Lipinski definition) is 5. The van der Waals surface area contributed by atoms with Crippen LogP contribution in [0.25, 0.3) is 10.2 Å². The maximum Gasteiger partial charge on any atom is 0.320 e. The Morgan fingerprint density at radius 1 is 1.27 bits per heavy atom. The normalized spacial score (nSPS) is 19.5. The predicted molar refractivity (Wildman–Crippen MR) is 102 cm³/mol. The van der Waals surface area contributed by atoms with Crippen LogP contribution in [0, 0.1) is 6.92 Å². The number of likely N-dealkylation sites (tertiary alicyclic amines) is 1. The summed E-state index contributed by atoms with van der Waals surface area (Å²) in [5, 5.41) is 10.7. The summed E-state index contributed by atoms with van der Waals surface area (Å²) in [5.74, 6) is -0.761. The van der Waals surface area contributed by atoms with Gasteiger partial charge in [0.25, 0.3) is 0 Å². The van der Waals surface area contributed by atoms with Crippen molar-refractivity contribution < 1.29 is 9.90 Å². The number of benzene rings is 1. The van der Waals surface area contributed by atoms with Gasteiger partial charge in [-0.1, -0.05) is 24.6 Å². The second-order valence-electron chi connectivity index (χ2n) is 6.77. The van der Waals surface area contributed by atoms with Gasteiger partial charge >= 0.3 is 5.97 Å². The fourth-order valence-electron chi connectivity index (χ4n) is 3.61. The summed E-state index contributed by atoms with van der Waals surface area (Å²) in [6.07, 6.45) is 4.45. The van der Waals surface area contributed by atoms with Gasteiger partial charge in [-0.25, -0.2) is 4.98 Å². The molecule has 134 valence electrons. The number of pyridine rings is 1. The molecule has 0 aliphatic carbocycles. The molecule has 26 heavy (non-hydrogen) atoms. The van der Waals surface area contributed by atoms with E-state index < -0.39 is 12.0 Å². The summed E-state index contributed by atoms with van der Waals surface area (Å²) in [7, 11) is 0. The Hall–Kier alpha value is -2.31. The Balaban J connectivity index is 1.83. The number of rotatable bonds is 4. The second-order valence-corrected chi connectivity index (χ2v) is 7.83. The summed E-state index contributed by atoms with van der Waals surface area (Å²) >= 11 is 1.63.